The fourth-order valence-corrected chi connectivity index (χ4v) is 1.17. The zero-order chi connectivity index (χ0) is 6.41. The summed E-state index contributed by atoms with van der Waals surface area (Å²) in [4.78, 5) is 0. The molecular weight excluding hydrogens is 120 g/mol. The predicted molar refractivity (Wildman–Crippen MR) is 38.5 cm³/mol. The maximum Gasteiger partial charge on any atom is 0.0232 e. The fourth-order valence-electron chi connectivity index (χ4n) is 0.555. The van der Waals surface area contributed by atoms with Gasteiger partial charge in [-0.1, -0.05) is 19.8 Å². The third-order valence-electron chi connectivity index (χ3n) is 1.04. The highest BCUT2D eigenvalue weighted by molar-refractivity contribution is 7.84. The van der Waals surface area contributed by atoms with E-state index < -0.39 is 10.8 Å². The molecule has 0 saturated carbocycles. The molecule has 1 nitrogen and oxygen atoms in total. The van der Waals surface area contributed by atoms with Crippen LogP contribution in [0.5, 0.6) is 0 Å². The van der Waals surface area contributed by atoms with Crippen molar-refractivity contribution in [2.24, 2.45) is 0 Å². The Morgan fingerprint density at radius 1 is 1.38 bits per heavy atom. The van der Waals surface area contributed by atoms with E-state index >= 15 is 0 Å². The fraction of sp³-hybridized carbons (Fsp3) is 1.00. The summed E-state index contributed by atoms with van der Waals surface area (Å²) >= 11 is 0. The third kappa shape index (κ3) is 6.15. The van der Waals surface area contributed by atoms with Crippen LogP contribution in [0.4, 0.5) is 0 Å². The van der Waals surface area contributed by atoms with Gasteiger partial charge in [-0.25, -0.2) is 0 Å². The standard InChI is InChI=1S/C6H14OS/c1-3-4-5-6-8(2)7/h3-6H2,1-2H3/t8-/m0/s1. The molecule has 0 spiro atoms. The van der Waals surface area contributed by atoms with Crippen molar-refractivity contribution in [1.29, 1.82) is 0 Å². The van der Waals surface area contributed by atoms with E-state index in [0.29, 0.717) is 0 Å². The molecule has 0 saturated heterocycles. The van der Waals surface area contributed by atoms with Gasteiger partial charge in [0.15, 0.2) is 0 Å². The summed E-state index contributed by atoms with van der Waals surface area (Å²) in [6.07, 6.45) is 5.33. The van der Waals surface area contributed by atoms with Gasteiger partial charge in [-0.15, -0.1) is 0 Å². The predicted octanol–water partition coefficient (Wildman–Crippen LogP) is 1.56. The number of rotatable bonds is 4. The molecule has 8 heavy (non-hydrogen) atoms. The van der Waals surface area contributed by atoms with E-state index in [-0.39, 0.29) is 0 Å². The van der Waals surface area contributed by atoms with Gasteiger partial charge in [-0.3, -0.25) is 4.21 Å². The summed E-state index contributed by atoms with van der Waals surface area (Å²) in [5, 5.41) is 0. The molecule has 0 unspecified atom stereocenters. The summed E-state index contributed by atoms with van der Waals surface area (Å²) in [7, 11) is -0.567. The zero-order valence-corrected chi connectivity index (χ0v) is 6.46. The van der Waals surface area contributed by atoms with Crippen LogP contribution >= 0.6 is 0 Å². The van der Waals surface area contributed by atoms with E-state index in [0.717, 1.165) is 12.2 Å². The van der Waals surface area contributed by atoms with E-state index in [4.69, 9.17) is 0 Å². The Hall–Kier alpha value is 0.150. The van der Waals surface area contributed by atoms with Crippen LogP contribution in [0.3, 0.4) is 0 Å². The highest BCUT2D eigenvalue weighted by atomic mass is 32.2. The van der Waals surface area contributed by atoms with Crippen LogP contribution in [-0.4, -0.2) is 16.2 Å². The van der Waals surface area contributed by atoms with Gasteiger partial charge in [-0.2, -0.15) is 0 Å². The van der Waals surface area contributed by atoms with E-state index in [1.165, 1.54) is 12.8 Å². The van der Waals surface area contributed by atoms with Gasteiger partial charge in [0.2, 0.25) is 0 Å². The maximum absolute atomic E-state index is 10.4. The minimum absolute atomic E-state index is 0.567. The minimum atomic E-state index is -0.567. The topological polar surface area (TPSA) is 17.1 Å². The van der Waals surface area contributed by atoms with E-state index in [1.54, 1.807) is 6.26 Å². The van der Waals surface area contributed by atoms with Crippen molar-refractivity contribution in [2.45, 2.75) is 26.2 Å². The van der Waals surface area contributed by atoms with E-state index in [2.05, 4.69) is 6.92 Å². The SMILES string of the molecule is CCCCC[S@](C)=O. The molecule has 50 valence electrons. The van der Waals surface area contributed by atoms with Crippen LogP contribution in [0.2, 0.25) is 0 Å². The highest BCUT2D eigenvalue weighted by Gasteiger charge is 1.87. The van der Waals surface area contributed by atoms with Gasteiger partial charge >= 0.3 is 0 Å². The van der Waals surface area contributed by atoms with Gasteiger partial charge in [-0.05, 0) is 6.42 Å². The minimum Gasteiger partial charge on any atom is -0.260 e. The lowest BCUT2D eigenvalue weighted by atomic mass is 10.3. The quantitative estimate of drug-likeness (QED) is 0.533. The van der Waals surface area contributed by atoms with Crippen molar-refractivity contribution < 1.29 is 4.21 Å². The van der Waals surface area contributed by atoms with Crippen LogP contribution < -0.4 is 0 Å². The number of unbranched alkanes of at least 4 members (excludes halogenated alkanes) is 2. The first-order chi connectivity index (χ1) is 3.77. The Morgan fingerprint density at radius 3 is 2.38 bits per heavy atom. The van der Waals surface area contributed by atoms with Gasteiger partial charge in [0, 0.05) is 22.8 Å². The molecule has 0 rings (SSSR count). The second kappa shape index (κ2) is 5.29. The Labute approximate surface area is 53.9 Å². The summed E-state index contributed by atoms with van der Waals surface area (Å²) in [5.41, 5.74) is 0. The molecule has 0 heterocycles. The monoisotopic (exact) mass is 134 g/mol. The van der Waals surface area contributed by atoms with E-state index in [9.17, 15) is 4.21 Å². The van der Waals surface area contributed by atoms with Crippen LogP contribution in [0.25, 0.3) is 0 Å². The molecule has 0 aliphatic heterocycles. The van der Waals surface area contributed by atoms with Crippen molar-refractivity contribution >= 4 is 10.8 Å². The molecule has 0 fully saturated rings. The first-order valence-corrected chi connectivity index (χ1v) is 4.80. The summed E-state index contributed by atoms with van der Waals surface area (Å²) in [6, 6.07) is 0. The van der Waals surface area contributed by atoms with Crippen molar-refractivity contribution in [3.8, 4) is 0 Å². The second-order valence-electron chi connectivity index (χ2n) is 1.98. The lowest BCUT2D eigenvalue weighted by Crippen LogP contribution is -1.92. The van der Waals surface area contributed by atoms with Gasteiger partial charge in [0.05, 0.1) is 0 Å². The van der Waals surface area contributed by atoms with Crippen LogP contribution in [0, 0.1) is 0 Å². The molecule has 0 aromatic rings. The van der Waals surface area contributed by atoms with Crippen LogP contribution in [0.15, 0.2) is 0 Å². The van der Waals surface area contributed by atoms with Gasteiger partial charge in [0.1, 0.15) is 0 Å². The molecule has 0 N–H and O–H groups in total. The second-order valence-corrected chi connectivity index (χ2v) is 3.54. The van der Waals surface area contributed by atoms with Gasteiger partial charge in [0.25, 0.3) is 0 Å². The van der Waals surface area contributed by atoms with Crippen LogP contribution in [0.1, 0.15) is 26.2 Å². The molecular formula is C6H14OS. The highest BCUT2D eigenvalue weighted by Crippen LogP contribution is 1.93. The average molecular weight is 134 g/mol. The third-order valence-corrected chi connectivity index (χ3v) is 1.90. The summed E-state index contributed by atoms with van der Waals surface area (Å²) in [6.45, 7) is 2.15. The Bertz CT molecular complexity index is 70.9. The molecule has 0 aliphatic carbocycles. The molecule has 0 amide bonds. The summed E-state index contributed by atoms with van der Waals surface area (Å²) in [5.74, 6) is 0.883. The maximum atomic E-state index is 10.4. The number of hydrogen-bond donors (Lipinski definition) is 0. The average Bonchev–Trinajstić information content (AvgIpc) is 1.66. The Morgan fingerprint density at radius 2 is 2.00 bits per heavy atom. The molecule has 0 aromatic heterocycles. The van der Waals surface area contributed by atoms with Crippen molar-refractivity contribution in [2.75, 3.05) is 12.0 Å². The Balaban J connectivity index is 2.82. The summed E-state index contributed by atoms with van der Waals surface area (Å²) < 4.78 is 10.4. The Kier molecular flexibility index (Phi) is 5.39. The molecule has 0 radical (unpaired) electrons. The molecule has 1 atom stereocenters. The molecule has 0 bridgehead atoms. The van der Waals surface area contributed by atoms with Crippen LogP contribution in [-0.2, 0) is 10.8 Å². The van der Waals surface area contributed by atoms with Crippen molar-refractivity contribution in [3.05, 3.63) is 0 Å². The van der Waals surface area contributed by atoms with Gasteiger partial charge < -0.3 is 0 Å². The first kappa shape index (κ1) is 8.15. The molecule has 0 aliphatic rings. The smallest absolute Gasteiger partial charge is 0.0232 e. The van der Waals surface area contributed by atoms with E-state index in [1.807, 2.05) is 0 Å². The molecule has 2 heteroatoms. The largest absolute Gasteiger partial charge is 0.260 e. The molecule has 0 aromatic carbocycles. The van der Waals surface area contributed by atoms with Crippen molar-refractivity contribution in [1.82, 2.24) is 0 Å². The van der Waals surface area contributed by atoms with Crippen molar-refractivity contribution in [3.63, 3.8) is 0 Å². The normalized spacial score (nSPS) is 13.8. The lowest BCUT2D eigenvalue weighted by Gasteiger charge is -1.91. The lowest BCUT2D eigenvalue weighted by molar-refractivity contribution is 0.680. The first-order valence-electron chi connectivity index (χ1n) is 3.07. The number of hydrogen-bond acceptors (Lipinski definition) is 1. The zero-order valence-electron chi connectivity index (χ0n) is 5.64.